The Hall–Kier alpha value is -3.61. The fraction of sp³-hybridized carbons (Fsp3) is 0.261. The molecule has 3 rings (SSSR count). The highest BCUT2D eigenvalue weighted by Crippen LogP contribution is 2.24. The molecule has 0 aliphatic carbocycles. The number of hydrogen-bond acceptors (Lipinski definition) is 7. The zero-order chi connectivity index (χ0) is 21.3. The molecule has 3 aromatic rings. The second-order valence-corrected chi connectivity index (χ2v) is 6.89. The minimum absolute atomic E-state index is 0.122. The first-order valence-electron chi connectivity index (χ1n) is 9.70. The molecule has 2 aromatic carbocycles. The number of likely N-dealkylation sites (N-methyl/N-ethyl adjacent to an activating group) is 1. The molecule has 7 heteroatoms. The van der Waals surface area contributed by atoms with E-state index in [0.29, 0.717) is 42.0 Å². The summed E-state index contributed by atoms with van der Waals surface area (Å²) in [6.07, 6.45) is 2.58. The van der Waals surface area contributed by atoms with Gasteiger partial charge in [0, 0.05) is 24.9 Å². The Kier molecular flexibility index (Phi) is 7.21. The largest absolute Gasteiger partial charge is 0.492 e. The standard InChI is InChI=1S/C23H25N3O4/c1-17(2)29-20-8-10-21(11-9-20)30-22-12-13-24-23(25-22)26(3)14-15-28-19-6-4-18(16-27)5-7-19/h4-13,16-17H,14-15H2,1-3H3. The molecular weight excluding hydrogens is 382 g/mol. The van der Waals surface area contributed by atoms with E-state index in [9.17, 15) is 4.79 Å². The van der Waals surface area contributed by atoms with Crippen LogP contribution < -0.4 is 19.1 Å². The molecule has 0 aliphatic heterocycles. The molecule has 7 nitrogen and oxygen atoms in total. The van der Waals surface area contributed by atoms with Crippen LogP contribution in [0.15, 0.2) is 60.8 Å². The van der Waals surface area contributed by atoms with Gasteiger partial charge in [-0.05, 0) is 62.4 Å². The number of hydrogen-bond donors (Lipinski definition) is 0. The van der Waals surface area contributed by atoms with Crippen molar-refractivity contribution in [3.05, 3.63) is 66.4 Å². The smallest absolute Gasteiger partial charge is 0.228 e. The van der Waals surface area contributed by atoms with Crippen molar-refractivity contribution in [2.45, 2.75) is 20.0 Å². The SMILES string of the molecule is CC(C)Oc1ccc(Oc2ccnc(N(C)CCOc3ccc(C=O)cc3)n2)cc1. The molecule has 0 unspecified atom stereocenters. The van der Waals surface area contributed by atoms with Crippen LogP contribution in [0, 0.1) is 0 Å². The number of aldehydes is 1. The van der Waals surface area contributed by atoms with E-state index in [1.165, 1.54) is 0 Å². The number of aromatic nitrogens is 2. The van der Waals surface area contributed by atoms with Gasteiger partial charge in [-0.1, -0.05) is 0 Å². The van der Waals surface area contributed by atoms with Gasteiger partial charge in [-0.2, -0.15) is 4.98 Å². The van der Waals surface area contributed by atoms with E-state index < -0.39 is 0 Å². The molecule has 0 spiro atoms. The van der Waals surface area contributed by atoms with Crippen molar-refractivity contribution >= 4 is 12.2 Å². The lowest BCUT2D eigenvalue weighted by Gasteiger charge is -2.18. The molecule has 0 saturated carbocycles. The maximum Gasteiger partial charge on any atom is 0.228 e. The minimum Gasteiger partial charge on any atom is -0.492 e. The van der Waals surface area contributed by atoms with Crippen molar-refractivity contribution in [1.82, 2.24) is 9.97 Å². The molecule has 0 radical (unpaired) electrons. The molecular formula is C23H25N3O4. The van der Waals surface area contributed by atoms with Crippen LogP contribution in [-0.2, 0) is 0 Å². The number of carbonyl (C=O) groups excluding carboxylic acids is 1. The van der Waals surface area contributed by atoms with Crippen LogP contribution in [0.1, 0.15) is 24.2 Å². The lowest BCUT2D eigenvalue weighted by molar-refractivity contribution is 0.112. The van der Waals surface area contributed by atoms with Crippen LogP contribution in [0.3, 0.4) is 0 Å². The van der Waals surface area contributed by atoms with Crippen molar-refractivity contribution < 1.29 is 19.0 Å². The van der Waals surface area contributed by atoms with Gasteiger partial charge in [0.15, 0.2) is 0 Å². The Morgan fingerprint density at radius 2 is 1.63 bits per heavy atom. The highest BCUT2D eigenvalue weighted by Gasteiger charge is 2.08. The molecule has 1 aromatic heterocycles. The Balaban J connectivity index is 1.53. The zero-order valence-corrected chi connectivity index (χ0v) is 17.3. The van der Waals surface area contributed by atoms with Crippen molar-refractivity contribution in [2.75, 3.05) is 25.1 Å². The van der Waals surface area contributed by atoms with E-state index in [-0.39, 0.29) is 6.10 Å². The van der Waals surface area contributed by atoms with E-state index in [1.54, 1.807) is 36.5 Å². The van der Waals surface area contributed by atoms with Gasteiger partial charge in [0.05, 0.1) is 12.6 Å². The third-order valence-corrected chi connectivity index (χ3v) is 4.09. The maximum absolute atomic E-state index is 10.7. The predicted octanol–water partition coefficient (Wildman–Crippen LogP) is 4.38. The van der Waals surface area contributed by atoms with Gasteiger partial charge in [0.25, 0.3) is 0 Å². The normalized spacial score (nSPS) is 10.5. The van der Waals surface area contributed by atoms with Gasteiger partial charge < -0.3 is 19.1 Å². The van der Waals surface area contributed by atoms with Gasteiger partial charge in [-0.3, -0.25) is 4.79 Å². The number of rotatable bonds is 10. The first-order chi connectivity index (χ1) is 14.5. The Morgan fingerprint density at radius 1 is 0.967 bits per heavy atom. The first kappa shape index (κ1) is 21.1. The van der Waals surface area contributed by atoms with Crippen molar-refractivity contribution in [3.63, 3.8) is 0 Å². The molecule has 156 valence electrons. The Labute approximate surface area is 176 Å². The number of anilines is 1. The highest BCUT2D eigenvalue weighted by molar-refractivity contribution is 5.74. The summed E-state index contributed by atoms with van der Waals surface area (Å²) in [7, 11) is 1.88. The fourth-order valence-corrected chi connectivity index (χ4v) is 2.60. The van der Waals surface area contributed by atoms with Crippen LogP contribution in [0.4, 0.5) is 5.95 Å². The average Bonchev–Trinajstić information content (AvgIpc) is 2.75. The molecule has 0 atom stereocenters. The van der Waals surface area contributed by atoms with Gasteiger partial charge >= 0.3 is 0 Å². The predicted molar refractivity (Wildman–Crippen MR) is 115 cm³/mol. The summed E-state index contributed by atoms with van der Waals surface area (Å²) in [4.78, 5) is 21.3. The van der Waals surface area contributed by atoms with E-state index in [4.69, 9.17) is 14.2 Å². The minimum atomic E-state index is 0.122. The van der Waals surface area contributed by atoms with Crippen molar-refractivity contribution in [1.29, 1.82) is 0 Å². The summed E-state index contributed by atoms with van der Waals surface area (Å²) in [6, 6.07) is 16.1. The van der Waals surface area contributed by atoms with Gasteiger partial charge in [-0.15, -0.1) is 0 Å². The van der Waals surface area contributed by atoms with E-state index in [2.05, 4.69) is 9.97 Å². The van der Waals surface area contributed by atoms with Gasteiger partial charge in [0.1, 0.15) is 30.1 Å². The van der Waals surface area contributed by atoms with Crippen LogP contribution in [0.5, 0.6) is 23.1 Å². The van der Waals surface area contributed by atoms with E-state index in [1.807, 2.05) is 50.1 Å². The highest BCUT2D eigenvalue weighted by atomic mass is 16.5. The number of carbonyl (C=O) groups is 1. The molecule has 0 bridgehead atoms. The summed E-state index contributed by atoms with van der Waals surface area (Å²) >= 11 is 0. The van der Waals surface area contributed by atoms with Crippen LogP contribution in [0.25, 0.3) is 0 Å². The Morgan fingerprint density at radius 3 is 2.30 bits per heavy atom. The molecule has 0 aliphatic rings. The summed E-state index contributed by atoms with van der Waals surface area (Å²) < 4.78 is 17.2. The molecule has 0 fully saturated rings. The Bertz CT molecular complexity index is 943. The molecule has 0 saturated heterocycles. The lowest BCUT2D eigenvalue weighted by atomic mass is 10.2. The third-order valence-electron chi connectivity index (χ3n) is 4.09. The summed E-state index contributed by atoms with van der Waals surface area (Å²) in [5.41, 5.74) is 0.617. The maximum atomic E-state index is 10.7. The fourth-order valence-electron chi connectivity index (χ4n) is 2.60. The topological polar surface area (TPSA) is 73.8 Å². The second-order valence-electron chi connectivity index (χ2n) is 6.89. The van der Waals surface area contributed by atoms with Crippen molar-refractivity contribution in [2.24, 2.45) is 0 Å². The summed E-state index contributed by atoms with van der Waals surface area (Å²) in [5, 5.41) is 0. The monoisotopic (exact) mass is 407 g/mol. The lowest BCUT2D eigenvalue weighted by Crippen LogP contribution is -2.25. The van der Waals surface area contributed by atoms with Gasteiger partial charge in [-0.25, -0.2) is 4.98 Å². The van der Waals surface area contributed by atoms with Crippen molar-refractivity contribution in [3.8, 4) is 23.1 Å². The number of ether oxygens (including phenoxy) is 3. The molecule has 1 heterocycles. The average molecular weight is 407 g/mol. The first-order valence-corrected chi connectivity index (χ1v) is 9.70. The number of nitrogens with zero attached hydrogens (tertiary/aromatic N) is 3. The zero-order valence-electron chi connectivity index (χ0n) is 17.3. The second kappa shape index (κ2) is 10.2. The van der Waals surface area contributed by atoms with E-state index >= 15 is 0 Å². The quantitative estimate of drug-likeness (QED) is 0.462. The van der Waals surface area contributed by atoms with E-state index in [0.717, 1.165) is 12.0 Å². The van der Waals surface area contributed by atoms with Crippen LogP contribution in [0.2, 0.25) is 0 Å². The van der Waals surface area contributed by atoms with Gasteiger partial charge in [0.2, 0.25) is 11.8 Å². The molecule has 30 heavy (non-hydrogen) atoms. The van der Waals surface area contributed by atoms with Crippen LogP contribution >= 0.6 is 0 Å². The molecule has 0 N–H and O–H groups in total. The molecule has 0 amide bonds. The number of benzene rings is 2. The summed E-state index contributed by atoms with van der Waals surface area (Å²) in [6.45, 7) is 5.00. The summed E-state index contributed by atoms with van der Waals surface area (Å²) in [5.74, 6) is 3.15. The third kappa shape index (κ3) is 6.20. The van der Waals surface area contributed by atoms with Crippen LogP contribution in [-0.4, -0.2) is 42.6 Å².